The standard InChI is InChI=1S/C14H16O4S/c1-17-9-5-6-10(12(8-9)18-2)13(16)14-11(15)4-3-7-19-14/h5-6,8,14H,3-4,7H2,1-2H3. The normalized spacial score (nSPS) is 19.1. The zero-order chi connectivity index (χ0) is 13.8. The van der Waals surface area contributed by atoms with E-state index in [1.165, 1.54) is 18.9 Å². The number of hydrogen-bond acceptors (Lipinski definition) is 5. The van der Waals surface area contributed by atoms with Crippen molar-refractivity contribution in [2.75, 3.05) is 20.0 Å². The predicted molar refractivity (Wildman–Crippen MR) is 74.4 cm³/mol. The van der Waals surface area contributed by atoms with E-state index >= 15 is 0 Å². The first-order valence-corrected chi connectivity index (χ1v) is 7.13. The summed E-state index contributed by atoms with van der Waals surface area (Å²) in [5, 5.41) is -0.587. The Labute approximate surface area is 116 Å². The summed E-state index contributed by atoms with van der Waals surface area (Å²) in [6, 6.07) is 5.02. The van der Waals surface area contributed by atoms with Crippen LogP contribution < -0.4 is 9.47 Å². The number of ether oxygens (including phenoxy) is 2. The van der Waals surface area contributed by atoms with Crippen molar-refractivity contribution < 1.29 is 19.1 Å². The number of thioether (sulfide) groups is 1. The van der Waals surface area contributed by atoms with Crippen LogP contribution in [-0.2, 0) is 4.79 Å². The molecule has 5 heteroatoms. The molecule has 1 saturated heterocycles. The van der Waals surface area contributed by atoms with Crippen molar-refractivity contribution in [3.05, 3.63) is 23.8 Å². The molecule has 1 aromatic rings. The molecule has 1 aliphatic rings. The van der Waals surface area contributed by atoms with E-state index in [0.717, 1.165) is 12.2 Å². The maximum Gasteiger partial charge on any atom is 0.186 e. The smallest absolute Gasteiger partial charge is 0.186 e. The minimum Gasteiger partial charge on any atom is -0.497 e. The predicted octanol–water partition coefficient (Wildman–Crippen LogP) is 2.35. The molecule has 1 aliphatic heterocycles. The molecule has 0 saturated carbocycles. The second-order valence-corrected chi connectivity index (χ2v) is 5.46. The number of Topliss-reactive ketones (excluding diaryl/α,β-unsaturated/α-hetero) is 2. The van der Waals surface area contributed by atoms with Gasteiger partial charge in [0.1, 0.15) is 16.7 Å². The lowest BCUT2D eigenvalue weighted by molar-refractivity contribution is -0.118. The topological polar surface area (TPSA) is 52.6 Å². The molecular formula is C14H16O4S. The summed E-state index contributed by atoms with van der Waals surface area (Å²) in [7, 11) is 3.05. The molecule has 0 aliphatic carbocycles. The highest BCUT2D eigenvalue weighted by molar-refractivity contribution is 8.01. The molecule has 1 fully saturated rings. The number of carbonyl (C=O) groups excluding carboxylic acids is 2. The van der Waals surface area contributed by atoms with Gasteiger partial charge >= 0.3 is 0 Å². The molecular weight excluding hydrogens is 264 g/mol. The molecule has 2 rings (SSSR count). The molecule has 1 atom stereocenters. The van der Waals surface area contributed by atoms with Crippen LogP contribution in [0, 0.1) is 0 Å². The number of carbonyl (C=O) groups is 2. The molecule has 0 amide bonds. The summed E-state index contributed by atoms with van der Waals surface area (Å²) in [6.07, 6.45) is 1.34. The fourth-order valence-corrected chi connectivity index (χ4v) is 3.17. The van der Waals surface area contributed by atoms with Gasteiger partial charge in [-0.2, -0.15) is 0 Å². The molecule has 0 radical (unpaired) electrons. The van der Waals surface area contributed by atoms with Crippen molar-refractivity contribution in [1.82, 2.24) is 0 Å². The first kappa shape index (κ1) is 13.9. The molecule has 4 nitrogen and oxygen atoms in total. The van der Waals surface area contributed by atoms with E-state index in [-0.39, 0.29) is 11.6 Å². The van der Waals surface area contributed by atoms with Crippen LogP contribution in [0.25, 0.3) is 0 Å². The average Bonchev–Trinajstić information content (AvgIpc) is 2.46. The summed E-state index contributed by atoms with van der Waals surface area (Å²) < 4.78 is 10.3. The first-order valence-electron chi connectivity index (χ1n) is 6.08. The van der Waals surface area contributed by atoms with Crippen LogP contribution in [0.4, 0.5) is 0 Å². The zero-order valence-corrected chi connectivity index (χ0v) is 11.8. The summed E-state index contributed by atoms with van der Waals surface area (Å²) >= 11 is 1.42. The van der Waals surface area contributed by atoms with Crippen LogP contribution in [0.3, 0.4) is 0 Å². The third-order valence-corrected chi connectivity index (χ3v) is 4.39. The van der Waals surface area contributed by atoms with Gasteiger partial charge in [0.15, 0.2) is 11.6 Å². The number of rotatable bonds is 4. The van der Waals surface area contributed by atoms with Gasteiger partial charge in [-0.05, 0) is 24.3 Å². The van der Waals surface area contributed by atoms with Gasteiger partial charge in [-0.1, -0.05) is 0 Å². The van der Waals surface area contributed by atoms with E-state index in [1.807, 2.05) is 0 Å². The van der Waals surface area contributed by atoms with Gasteiger partial charge in [-0.3, -0.25) is 9.59 Å². The Balaban J connectivity index is 2.29. The van der Waals surface area contributed by atoms with Gasteiger partial charge < -0.3 is 9.47 Å². The van der Waals surface area contributed by atoms with Crippen LogP contribution in [0.2, 0.25) is 0 Å². The zero-order valence-electron chi connectivity index (χ0n) is 11.0. The Hall–Kier alpha value is -1.49. The van der Waals surface area contributed by atoms with E-state index < -0.39 is 5.25 Å². The van der Waals surface area contributed by atoms with Gasteiger partial charge in [0.05, 0.1) is 19.8 Å². The van der Waals surface area contributed by atoms with Gasteiger partial charge in [0.25, 0.3) is 0 Å². The molecule has 0 aromatic heterocycles. The Morgan fingerprint density at radius 1 is 1.32 bits per heavy atom. The lowest BCUT2D eigenvalue weighted by Gasteiger charge is -2.20. The molecule has 1 unspecified atom stereocenters. The van der Waals surface area contributed by atoms with Crippen molar-refractivity contribution >= 4 is 23.3 Å². The fourth-order valence-electron chi connectivity index (χ4n) is 2.04. The van der Waals surface area contributed by atoms with E-state index in [1.54, 1.807) is 25.3 Å². The number of hydrogen-bond donors (Lipinski definition) is 0. The molecule has 102 valence electrons. The number of ketones is 2. The number of methoxy groups -OCH3 is 2. The van der Waals surface area contributed by atoms with E-state index in [9.17, 15) is 9.59 Å². The van der Waals surface area contributed by atoms with Crippen molar-refractivity contribution in [3.63, 3.8) is 0 Å². The Kier molecular flexibility index (Phi) is 4.47. The van der Waals surface area contributed by atoms with Crippen molar-refractivity contribution in [1.29, 1.82) is 0 Å². The Morgan fingerprint density at radius 2 is 2.11 bits per heavy atom. The Bertz CT molecular complexity index is 498. The monoisotopic (exact) mass is 280 g/mol. The molecule has 1 aromatic carbocycles. The molecule has 0 spiro atoms. The summed E-state index contributed by atoms with van der Waals surface area (Å²) in [5.74, 6) is 1.76. The highest BCUT2D eigenvalue weighted by Crippen LogP contribution is 2.31. The first-order chi connectivity index (χ1) is 9.17. The van der Waals surface area contributed by atoms with E-state index in [2.05, 4.69) is 0 Å². The highest BCUT2D eigenvalue weighted by Gasteiger charge is 2.31. The second kappa shape index (κ2) is 6.10. The highest BCUT2D eigenvalue weighted by atomic mass is 32.2. The second-order valence-electron chi connectivity index (χ2n) is 4.25. The van der Waals surface area contributed by atoms with Gasteiger partial charge in [-0.15, -0.1) is 11.8 Å². The van der Waals surface area contributed by atoms with Gasteiger partial charge in [0, 0.05) is 12.5 Å². The maximum absolute atomic E-state index is 12.4. The third-order valence-electron chi connectivity index (χ3n) is 3.06. The molecule has 19 heavy (non-hydrogen) atoms. The van der Waals surface area contributed by atoms with Crippen LogP contribution in [0.15, 0.2) is 18.2 Å². The van der Waals surface area contributed by atoms with Crippen LogP contribution in [-0.4, -0.2) is 36.8 Å². The van der Waals surface area contributed by atoms with Crippen molar-refractivity contribution in [2.24, 2.45) is 0 Å². The average molecular weight is 280 g/mol. The summed E-state index contributed by atoms with van der Waals surface area (Å²) in [5.41, 5.74) is 0.441. The lowest BCUT2D eigenvalue weighted by Crippen LogP contribution is -2.30. The summed E-state index contributed by atoms with van der Waals surface area (Å²) in [4.78, 5) is 24.3. The van der Waals surface area contributed by atoms with E-state index in [0.29, 0.717) is 23.5 Å². The van der Waals surface area contributed by atoms with E-state index in [4.69, 9.17) is 9.47 Å². The summed E-state index contributed by atoms with van der Waals surface area (Å²) in [6.45, 7) is 0. The minimum absolute atomic E-state index is 0.0131. The van der Waals surface area contributed by atoms with Crippen LogP contribution in [0.5, 0.6) is 11.5 Å². The lowest BCUT2D eigenvalue weighted by atomic mass is 10.0. The largest absolute Gasteiger partial charge is 0.497 e. The quantitative estimate of drug-likeness (QED) is 0.626. The Morgan fingerprint density at radius 3 is 2.74 bits per heavy atom. The minimum atomic E-state index is -0.587. The van der Waals surface area contributed by atoms with Crippen LogP contribution >= 0.6 is 11.8 Å². The molecule has 0 bridgehead atoms. The molecule has 0 N–H and O–H groups in total. The van der Waals surface area contributed by atoms with Gasteiger partial charge in [0.2, 0.25) is 0 Å². The maximum atomic E-state index is 12.4. The van der Waals surface area contributed by atoms with Crippen LogP contribution in [0.1, 0.15) is 23.2 Å². The molecule has 1 heterocycles. The SMILES string of the molecule is COc1ccc(C(=O)C2SCCCC2=O)c(OC)c1. The van der Waals surface area contributed by atoms with Crippen molar-refractivity contribution in [3.8, 4) is 11.5 Å². The number of benzene rings is 1. The third kappa shape index (κ3) is 2.92. The van der Waals surface area contributed by atoms with Gasteiger partial charge in [-0.25, -0.2) is 0 Å². The van der Waals surface area contributed by atoms with Crippen molar-refractivity contribution in [2.45, 2.75) is 18.1 Å². The fraction of sp³-hybridized carbons (Fsp3) is 0.429.